The number of hydrogen-bond acceptors (Lipinski definition) is 4. The highest BCUT2D eigenvalue weighted by molar-refractivity contribution is 5.77. The van der Waals surface area contributed by atoms with E-state index in [1.165, 1.54) is 4.90 Å². The number of carbonyl (C=O) groups is 1. The van der Waals surface area contributed by atoms with E-state index < -0.39 is 6.10 Å². The zero-order valence-corrected chi connectivity index (χ0v) is 16.6. The standard InChI is InChI=1S/C24H25NO4/c1-25(16-23(26)20-9-6-10-22(15-20)28-2)24(27)17-29-21-13-11-19(12-14-21)18-7-4-3-5-8-18/h3-15,23,26H,16-17H2,1-2H3. The first kappa shape index (κ1) is 20.4. The van der Waals surface area contributed by atoms with E-state index in [0.29, 0.717) is 17.1 Å². The number of ether oxygens (including phenoxy) is 2. The largest absolute Gasteiger partial charge is 0.497 e. The van der Waals surface area contributed by atoms with Gasteiger partial charge in [-0.3, -0.25) is 4.79 Å². The Balaban J connectivity index is 1.52. The molecule has 1 amide bonds. The number of rotatable bonds is 8. The van der Waals surface area contributed by atoms with Crippen LogP contribution in [0.4, 0.5) is 0 Å². The zero-order valence-electron chi connectivity index (χ0n) is 16.6. The summed E-state index contributed by atoms with van der Waals surface area (Å²) in [5.41, 5.74) is 2.91. The summed E-state index contributed by atoms with van der Waals surface area (Å²) < 4.78 is 10.8. The van der Waals surface area contributed by atoms with Crippen molar-refractivity contribution in [1.29, 1.82) is 0 Å². The summed E-state index contributed by atoms with van der Waals surface area (Å²) in [6.45, 7) is 0.0777. The van der Waals surface area contributed by atoms with Crippen molar-refractivity contribution in [2.75, 3.05) is 27.3 Å². The van der Waals surface area contributed by atoms with Gasteiger partial charge in [-0.1, -0.05) is 54.6 Å². The molecule has 1 unspecified atom stereocenters. The molecular weight excluding hydrogens is 366 g/mol. The summed E-state index contributed by atoms with van der Waals surface area (Å²) in [5, 5.41) is 10.4. The summed E-state index contributed by atoms with van der Waals surface area (Å²) in [7, 11) is 3.22. The number of benzene rings is 3. The van der Waals surface area contributed by atoms with Crippen LogP contribution >= 0.6 is 0 Å². The Hall–Kier alpha value is -3.31. The Morgan fingerprint density at radius 1 is 0.931 bits per heavy atom. The Labute approximate surface area is 171 Å². The molecule has 150 valence electrons. The lowest BCUT2D eigenvalue weighted by atomic mass is 10.1. The third-order valence-electron chi connectivity index (χ3n) is 4.67. The van der Waals surface area contributed by atoms with Gasteiger partial charge in [-0.15, -0.1) is 0 Å². The van der Waals surface area contributed by atoms with Gasteiger partial charge >= 0.3 is 0 Å². The first-order valence-corrected chi connectivity index (χ1v) is 9.41. The van der Waals surface area contributed by atoms with E-state index in [4.69, 9.17) is 9.47 Å². The smallest absolute Gasteiger partial charge is 0.260 e. The number of nitrogens with zero attached hydrogens (tertiary/aromatic N) is 1. The normalized spacial score (nSPS) is 11.6. The summed E-state index contributed by atoms with van der Waals surface area (Å²) in [4.78, 5) is 13.8. The lowest BCUT2D eigenvalue weighted by Crippen LogP contribution is -2.34. The fourth-order valence-corrected chi connectivity index (χ4v) is 2.94. The van der Waals surface area contributed by atoms with Gasteiger partial charge in [-0.2, -0.15) is 0 Å². The molecule has 3 rings (SSSR count). The van der Waals surface area contributed by atoms with Crippen molar-refractivity contribution in [3.8, 4) is 22.6 Å². The molecule has 29 heavy (non-hydrogen) atoms. The predicted octanol–water partition coefficient (Wildman–Crippen LogP) is 3.93. The maximum Gasteiger partial charge on any atom is 0.260 e. The number of hydrogen-bond donors (Lipinski definition) is 1. The third-order valence-corrected chi connectivity index (χ3v) is 4.67. The van der Waals surface area contributed by atoms with Gasteiger partial charge in [0.15, 0.2) is 6.61 Å². The SMILES string of the molecule is COc1cccc(C(O)CN(C)C(=O)COc2ccc(-c3ccccc3)cc2)c1. The minimum Gasteiger partial charge on any atom is -0.497 e. The number of aliphatic hydroxyl groups is 1. The maximum absolute atomic E-state index is 12.4. The van der Waals surface area contributed by atoms with Crippen molar-refractivity contribution in [2.45, 2.75) is 6.10 Å². The van der Waals surface area contributed by atoms with Crippen molar-refractivity contribution in [3.05, 3.63) is 84.4 Å². The van der Waals surface area contributed by atoms with Crippen LogP contribution in [0.25, 0.3) is 11.1 Å². The van der Waals surface area contributed by atoms with Crippen LogP contribution in [-0.4, -0.2) is 43.2 Å². The molecule has 5 heteroatoms. The molecule has 5 nitrogen and oxygen atoms in total. The second-order valence-corrected chi connectivity index (χ2v) is 6.75. The third kappa shape index (κ3) is 5.59. The Morgan fingerprint density at radius 3 is 2.31 bits per heavy atom. The molecule has 0 fully saturated rings. The molecule has 0 saturated carbocycles. The van der Waals surface area contributed by atoms with Crippen molar-refractivity contribution < 1.29 is 19.4 Å². The molecule has 0 aliphatic carbocycles. The van der Waals surface area contributed by atoms with Crippen molar-refractivity contribution in [1.82, 2.24) is 4.90 Å². The molecule has 0 aromatic heterocycles. The molecule has 0 heterocycles. The maximum atomic E-state index is 12.4. The molecule has 0 aliphatic heterocycles. The monoisotopic (exact) mass is 391 g/mol. The van der Waals surface area contributed by atoms with Gasteiger partial charge in [0.1, 0.15) is 11.5 Å². The molecule has 1 atom stereocenters. The van der Waals surface area contributed by atoms with Gasteiger partial charge in [0.2, 0.25) is 0 Å². The highest BCUT2D eigenvalue weighted by Crippen LogP contribution is 2.22. The van der Waals surface area contributed by atoms with E-state index in [-0.39, 0.29) is 19.1 Å². The molecule has 0 radical (unpaired) electrons. The minimum absolute atomic E-state index is 0.0913. The topological polar surface area (TPSA) is 59.0 Å². The second-order valence-electron chi connectivity index (χ2n) is 6.75. The lowest BCUT2D eigenvalue weighted by molar-refractivity contribution is -0.133. The Kier molecular flexibility index (Phi) is 6.87. The van der Waals surface area contributed by atoms with Gasteiger partial charge in [0, 0.05) is 7.05 Å². The molecule has 0 spiro atoms. The van der Waals surface area contributed by atoms with Crippen LogP contribution in [0.3, 0.4) is 0 Å². The predicted molar refractivity (Wildman–Crippen MR) is 113 cm³/mol. The number of aliphatic hydroxyl groups excluding tert-OH is 1. The molecule has 3 aromatic carbocycles. The first-order valence-electron chi connectivity index (χ1n) is 9.41. The number of likely N-dealkylation sites (N-methyl/N-ethyl adjacent to an activating group) is 1. The molecule has 0 bridgehead atoms. The molecular formula is C24H25NO4. The van der Waals surface area contributed by atoms with E-state index in [9.17, 15) is 9.90 Å². The van der Waals surface area contributed by atoms with Crippen LogP contribution in [-0.2, 0) is 4.79 Å². The van der Waals surface area contributed by atoms with Crippen LogP contribution < -0.4 is 9.47 Å². The zero-order chi connectivity index (χ0) is 20.6. The highest BCUT2D eigenvalue weighted by atomic mass is 16.5. The summed E-state index contributed by atoms with van der Waals surface area (Å²) in [5.74, 6) is 1.08. The van der Waals surface area contributed by atoms with E-state index in [1.807, 2.05) is 60.7 Å². The average Bonchev–Trinajstić information content (AvgIpc) is 2.78. The van der Waals surface area contributed by atoms with Gasteiger partial charge < -0.3 is 19.5 Å². The second kappa shape index (κ2) is 9.75. The Bertz CT molecular complexity index is 925. The van der Waals surface area contributed by atoms with Crippen LogP contribution in [0.1, 0.15) is 11.7 Å². The Morgan fingerprint density at radius 2 is 1.62 bits per heavy atom. The van der Waals surface area contributed by atoms with E-state index in [1.54, 1.807) is 32.4 Å². The molecule has 0 saturated heterocycles. The van der Waals surface area contributed by atoms with E-state index >= 15 is 0 Å². The average molecular weight is 391 g/mol. The van der Waals surface area contributed by atoms with Crippen molar-refractivity contribution in [3.63, 3.8) is 0 Å². The minimum atomic E-state index is -0.802. The lowest BCUT2D eigenvalue weighted by Gasteiger charge is -2.21. The van der Waals surface area contributed by atoms with Gasteiger partial charge in [-0.25, -0.2) is 0 Å². The van der Waals surface area contributed by atoms with E-state index in [2.05, 4.69) is 0 Å². The van der Waals surface area contributed by atoms with Crippen molar-refractivity contribution in [2.24, 2.45) is 0 Å². The molecule has 3 aromatic rings. The first-order chi connectivity index (χ1) is 14.1. The van der Waals surface area contributed by atoms with Crippen LogP contribution in [0.2, 0.25) is 0 Å². The van der Waals surface area contributed by atoms with Gasteiger partial charge in [0.25, 0.3) is 5.91 Å². The summed E-state index contributed by atoms with van der Waals surface area (Å²) in [6.07, 6.45) is -0.802. The summed E-state index contributed by atoms with van der Waals surface area (Å²) >= 11 is 0. The van der Waals surface area contributed by atoms with Crippen molar-refractivity contribution >= 4 is 5.91 Å². The highest BCUT2D eigenvalue weighted by Gasteiger charge is 2.16. The van der Waals surface area contributed by atoms with Crippen LogP contribution in [0.15, 0.2) is 78.9 Å². The molecule has 1 N–H and O–H groups in total. The number of carbonyl (C=O) groups excluding carboxylic acids is 1. The van der Waals surface area contributed by atoms with Crippen LogP contribution in [0, 0.1) is 0 Å². The summed E-state index contributed by atoms with van der Waals surface area (Å²) in [6, 6.07) is 24.9. The van der Waals surface area contributed by atoms with Crippen LogP contribution in [0.5, 0.6) is 11.5 Å². The fourth-order valence-electron chi connectivity index (χ4n) is 2.94. The number of methoxy groups -OCH3 is 1. The quantitative estimate of drug-likeness (QED) is 0.632. The van der Waals surface area contributed by atoms with E-state index in [0.717, 1.165) is 11.1 Å². The fraction of sp³-hybridized carbons (Fsp3) is 0.208. The van der Waals surface area contributed by atoms with Gasteiger partial charge in [0.05, 0.1) is 19.8 Å². The molecule has 0 aliphatic rings. The van der Waals surface area contributed by atoms with Gasteiger partial charge in [-0.05, 0) is 41.0 Å². The number of amides is 1.